The molecule has 2 nitrogen and oxygen atoms in total. The molecule has 0 aliphatic heterocycles. The van der Waals surface area contributed by atoms with Gasteiger partial charge in [-0.15, -0.1) is 0 Å². The normalized spacial score (nSPS) is 14.0. The molecule has 1 aromatic rings. The number of anilines is 1. The minimum absolute atomic E-state index is 0.115. The summed E-state index contributed by atoms with van der Waals surface area (Å²) in [6.07, 6.45) is 2.24. The van der Waals surface area contributed by atoms with E-state index in [1.807, 2.05) is 13.0 Å². The van der Waals surface area contributed by atoms with Crippen molar-refractivity contribution in [3.05, 3.63) is 29.1 Å². The monoisotopic (exact) mass is 294 g/mol. The van der Waals surface area contributed by atoms with Crippen LogP contribution in [0.3, 0.4) is 0 Å². The minimum atomic E-state index is -0.115. The van der Waals surface area contributed by atoms with Gasteiger partial charge in [-0.2, -0.15) is 0 Å². The van der Waals surface area contributed by atoms with Gasteiger partial charge in [-0.05, 0) is 56.0 Å². The van der Waals surface area contributed by atoms with Crippen molar-refractivity contribution in [2.24, 2.45) is 5.92 Å². The van der Waals surface area contributed by atoms with Crippen LogP contribution >= 0.6 is 0 Å². The zero-order valence-corrected chi connectivity index (χ0v) is 14.5. The molecule has 0 saturated heterocycles. The van der Waals surface area contributed by atoms with Crippen molar-refractivity contribution < 1.29 is 4.39 Å². The highest BCUT2D eigenvalue weighted by Gasteiger charge is 2.17. The molecule has 2 atom stereocenters. The SMILES string of the molecule is CCCNC(C)c1cc(F)c(C)cc1N(C)CC(C)CC. The molecule has 0 heterocycles. The van der Waals surface area contributed by atoms with E-state index in [0.717, 1.165) is 37.2 Å². The maximum Gasteiger partial charge on any atom is 0.126 e. The van der Waals surface area contributed by atoms with E-state index in [1.165, 1.54) is 0 Å². The molecule has 0 amide bonds. The van der Waals surface area contributed by atoms with Crippen LogP contribution in [-0.2, 0) is 0 Å². The minimum Gasteiger partial charge on any atom is -0.374 e. The Morgan fingerprint density at radius 3 is 2.48 bits per heavy atom. The van der Waals surface area contributed by atoms with Gasteiger partial charge in [0.15, 0.2) is 0 Å². The fourth-order valence-corrected chi connectivity index (χ4v) is 2.52. The molecule has 2 unspecified atom stereocenters. The van der Waals surface area contributed by atoms with E-state index < -0.39 is 0 Å². The Kier molecular flexibility index (Phi) is 7.16. The van der Waals surface area contributed by atoms with Gasteiger partial charge in [0.2, 0.25) is 0 Å². The largest absolute Gasteiger partial charge is 0.374 e. The Labute approximate surface area is 129 Å². The summed E-state index contributed by atoms with van der Waals surface area (Å²) >= 11 is 0. The van der Waals surface area contributed by atoms with Gasteiger partial charge in [0.1, 0.15) is 5.82 Å². The van der Waals surface area contributed by atoms with Crippen molar-refractivity contribution in [2.75, 3.05) is 25.0 Å². The molecular weight excluding hydrogens is 263 g/mol. The summed E-state index contributed by atoms with van der Waals surface area (Å²) in [5, 5.41) is 3.46. The van der Waals surface area contributed by atoms with Gasteiger partial charge >= 0.3 is 0 Å². The Morgan fingerprint density at radius 1 is 1.24 bits per heavy atom. The van der Waals surface area contributed by atoms with Crippen LogP contribution in [0.5, 0.6) is 0 Å². The number of nitrogens with one attached hydrogen (secondary N) is 1. The smallest absolute Gasteiger partial charge is 0.126 e. The van der Waals surface area contributed by atoms with Crippen LogP contribution in [-0.4, -0.2) is 20.1 Å². The standard InChI is InChI=1S/C18H31FN2/c1-7-9-20-15(5)16-11-17(19)14(4)10-18(16)21(6)12-13(3)8-2/h10-11,13,15,20H,7-9,12H2,1-6H3. The highest BCUT2D eigenvalue weighted by Crippen LogP contribution is 2.29. The van der Waals surface area contributed by atoms with Crippen LogP contribution in [0.4, 0.5) is 10.1 Å². The second-order valence-corrected chi connectivity index (χ2v) is 6.23. The highest BCUT2D eigenvalue weighted by molar-refractivity contribution is 5.56. The van der Waals surface area contributed by atoms with Crippen LogP contribution < -0.4 is 10.2 Å². The van der Waals surface area contributed by atoms with Crippen LogP contribution in [0.1, 0.15) is 57.7 Å². The number of hydrogen-bond donors (Lipinski definition) is 1. The lowest BCUT2D eigenvalue weighted by Gasteiger charge is -2.28. The summed E-state index contributed by atoms with van der Waals surface area (Å²) in [5.41, 5.74) is 2.91. The van der Waals surface area contributed by atoms with Gasteiger partial charge in [0.25, 0.3) is 0 Å². The Balaban J connectivity index is 3.07. The lowest BCUT2D eigenvalue weighted by Crippen LogP contribution is -2.27. The molecule has 0 saturated carbocycles. The van der Waals surface area contributed by atoms with E-state index >= 15 is 0 Å². The number of benzene rings is 1. The van der Waals surface area contributed by atoms with Crippen molar-refractivity contribution >= 4 is 5.69 Å². The molecule has 0 bridgehead atoms. The third-order valence-corrected chi connectivity index (χ3v) is 4.17. The zero-order chi connectivity index (χ0) is 16.0. The average Bonchev–Trinajstić information content (AvgIpc) is 2.46. The van der Waals surface area contributed by atoms with E-state index in [4.69, 9.17) is 0 Å². The maximum atomic E-state index is 14.0. The second-order valence-electron chi connectivity index (χ2n) is 6.23. The molecule has 0 radical (unpaired) electrons. The Bertz CT molecular complexity index is 445. The maximum absolute atomic E-state index is 14.0. The summed E-state index contributed by atoms with van der Waals surface area (Å²) in [6, 6.07) is 3.84. The van der Waals surface area contributed by atoms with E-state index in [-0.39, 0.29) is 11.9 Å². The molecule has 21 heavy (non-hydrogen) atoms. The molecule has 0 aliphatic carbocycles. The number of hydrogen-bond acceptors (Lipinski definition) is 2. The van der Waals surface area contributed by atoms with Crippen LogP contribution in [0.15, 0.2) is 12.1 Å². The first-order chi connectivity index (χ1) is 9.90. The molecule has 1 rings (SSSR count). The van der Waals surface area contributed by atoms with Gasteiger partial charge in [-0.25, -0.2) is 4.39 Å². The Hall–Kier alpha value is -1.09. The third kappa shape index (κ3) is 4.99. The van der Waals surface area contributed by atoms with E-state index in [0.29, 0.717) is 11.5 Å². The first-order valence-corrected chi connectivity index (χ1v) is 8.15. The summed E-state index contributed by atoms with van der Waals surface area (Å²) in [6.45, 7) is 12.5. The molecule has 120 valence electrons. The van der Waals surface area contributed by atoms with Crippen LogP contribution in [0, 0.1) is 18.7 Å². The molecule has 0 aromatic heterocycles. The van der Waals surface area contributed by atoms with E-state index in [2.05, 4.69) is 45.0 Å². The fraction of sp³-hybridized carbons (Fsp3) is 0.667. The predicted octanol–water partition coefficient (Wildman–Crippen LogP) is 4.68. The highest BCUT2D eigenvalue weighted by atomic mass is 19.1. The molecule has 1 N–H and O–H groups in total. The molecule has 3 heteroatoms. The van der Waals surface area contributed by atoms with E-state index in [9.17, 15) is 4.39 Å². The van der Waals surface area contributed by atoms with Gasteiger partial charge < -0.3 is 10.2 Å². The summed E-state index contributed by atoms with van der Waals surface area (Å²) < 4.78 is 14.0. The fourth-order valence-electron chi connectivity index (χ4n) is 2.52. The number of halogens is 1. The van der Waals surface area contributed by atoms with Crippen molar-refractivity contribution in [1.29, 1.82) is 0 Å². The third-order valence-electron chi connectivity index (χ3n) is 4.17. The van der Waals surface area contributed by atoms with Crippen LogP contribution in [0.25, 0.3) is 0 Å². The van der Waals surface area contributed by atoms with Crippen molar-refractivity contribution in [2.45, 2.75) is 53.5 Å². The summed E-state index contributed by atoms with van der Waals surface area (Å²) in [4.78, 5) is 2.26. The second kappa shape index (κ2) is 8.38. The zero-order valence-electron chi connectivity index (χ0n) is 14.5. The van der Waals surface area contributed by atoms with Crippen molar-refractivity contribution in [1.82, 2.24) is 5.32 Å². The van der Waals surface area contributed by atoms with Crippen molar-refractivity contribution in [3.8, 4) is 0 Å². The summed E-state index contributed by atoms with van der Waals surface area (Å²) in [5.74, 6) is 0.517. The van der Waals surface area contributed by atoms with Gasteiger partial charge in [0, 0.05) is 25.3 Å². The number of rotatable bonds is 8. The first-order valence-electron chi connectivity index (χ1n) is 8.15. The topological polar surface area (TPSA) is 15.3 Å². The van der Waals surface area contributed by atoms with Gasteiger partial charge in [-0.3, -0.25) is 0 Å². The lowest BCUT2D eigenvalue weighted by atomic mass is 10.0. The predicted molar refractivity (Wildman–Crippen MR) is 90.6 cm³/mol. The Morgan fingerprint density at radius 2 is 1.90 bits per heavy atom. The average molecular weight is 294 g/mol. The van der Waals surface area contributed by atoms with E-state index in [1.54, 1.807) is 6.07 Å². The first kappa shape index (κ1) is 18.0. The lowest BCUT2D eigenvalue weighted by molar-refractivity contribution is 0.544. The molecule has 0 spiro atoms. The quantitative estimate of drug-likeness (QED) is 0.749. The molecular formula is C18H31FN2. The van der Waals surface area contributed by atoms with Gasteiger partial charge in [-0.1, -0.05) is 27.2 Å². The molecule has 0 fully saturated rings. The number of aryl methyl sites for hydroxylation is 1. The number of nitrogens with zero attached hydrogens (tertiary/aromatic N) is 1. The summed E-state index contributed by atoms with van der Waals surface area (Å²) in [7, 11) is 2.11. The molecule has 0 aliphatic rings. The van der Waals surface area contributed by atoms with Crippen molar-refractivity contribution in [3.63, 3.8) is 0 Å². The van der Waals surface area contributed by atoms with Gasteiger partial charge in [0.05, 0.1) is 0 Å². The van der Waals surface area contributed by atoms with Crippen LogP contribution in [0.2, 0.25) is 0 Å². The molecule has 1 aromatic carbocycles.